The molecule has 3 rings (SSSR count). The Morgan fingerprint density at radius 2 is 1.96 bits per heavy atom. The first kappa shape index (κ1) is 16.4. The Morgan fingerprint density at radius 3 is 2.71 bits per heavy atom. The zero-order chi connectivity index (χ0) is 16.9. The second-order valence-corrected chi connectivity index (χ2v) is 6.49. The van der Waals surface area contributed by atoms with Gasteiger partial charge in [0.2, 0.25) is 11.8 Å². The number of amides is 2. The number of ether oxygens (including phenoxy) is 1. The zero-order valence-electron chi connectivity index (χ0n) is 13.3. The Balaban J connectivity index is 1.60. The second-order valence-electron chi connectivity index (χ2n) is 5.32. The van der Waals surface area contributed by atoms with Gasteiger partial charge in [-0.2, -0.15) is 0 Å². The molecule has 24 heavy (non-hydrogen) atoms. The molecule has 2 aromatic rings. The topological polar surface area (TPSA) is 58.6 Å². The van der Waals surface area contributed by atoms with Crippen molar-refractivity contribution in [2.75, 3.05) is 29.6 Å². The van der Waals surface area contributed by atoms with E-state index >= 15 is 0 Å². The lowest BCUT2D eigenvalue weighted by Crippen LogP contribution is -2.42. The van der Waals surface area contributed by atoms with Crippen molar-refractivity contribution in [3.63, 3.8) is 0 Å². The third kappa shape index (κ3) is 3.71. The van der Waals surface area contributed by atoms with Crippen LogP contribution in [0.5, 0.6) is 5.75 Å². The molecule has 1 heterocycles. The standard InChI is InChI=1S/C18H18N2O3S/c1-23-13-6-8-14(9-7-13)24-11-10-18(22)20-12-17(21)19-15-4-2-3-5-16(15)20/h2-9H,10-12H2,1H3,(H,19,21). The summed E-state index contributed by atoms with van der Waals surface area (Å²) >= 11 is 1.61. The van der Waals surface area contributed by atoms with Crippen LogP contribution in [0.1, 0.15) is 6.42 Å². The number of fused-ring (bicyclic) bond motifs is 1. The molecule has 2 aromatic carbocycles. The maximum Gasteiger partial charge on any atom is 0.244 e. The summed E-state index contributed by atoms with van der Waals surface area (Å²) in [5.41, 5.74) is 1.45. The lowest BCUT2D eigenvalue weighted by molar-refractivity contribution is -0.121. The number of para-hydroxylation sites is 2. The van der Waals surface area contributed by atoms with Crippen LogP contribution in [0.15, 0.2) is 53.4 Å². The van der Waals surface area contributed by atoms with E-state index in [1.54, 1.807) is 29.8 Å². The van der Waals surface area contributed by atoms with Crippen molar-refractivity contribution in [2.24, 2.45) is 0 Å². The van der Waals surface area contributed by atoms with E-state index in [1.807, 2.05) is 42.5 Å². The molecule has 5 nitrogen and oxygen atoms in total. The highest BCUT2D eigenvalue weighted by Gasteiger charge is 2.26. The van der Waals surface area contributed by atoms with Gasteiger partial charge in [0.25, 0.3) is 0 Å². The fraction of sp³-hybridized carbons (Fsp3) is 0.222. The SMILES string of the molecule is COc1ccc(SCCC(=O)N2CC(=O)Nc3ccccc32)cc1. The van der Waals surface area contributed by atoms with Gasteiger partial charge in [0, 0.05) is 17.1 Å². The molecule has 124 valence electrons. The highest BCUT2D eigenvalue weighted by atomic mass is 32.2. The van der Waals surface area contributed by atoms with Crippen molar-refractivity contribution in [3.8, 4) is 5.75 Å². The third-order valence-electron chi connectivity index (χ3n) is 3.72. The number of methoxy groups -OCH3 is 1. The average Bonchev–Trinajstić information content (AvgIpc) is 2.61. The molecule has 0 bridgehead atoms. The predicted octanol–water partition coefficient (Wildman–Crippen LogP) is 3.16. The summed E-state index contributed by atoms with van der Waals surface area (Å²) < 4.78 is 5.13. The minimum atomic E-state index is -0.162. The average molecular weight is 342 g/mol. The van der Waals surface area contributed by atoms with E-state index in [0.717, 1.165) is 16.3 Å². The first-order chi connectivity index (χ1) is 11.7. The van der Waals surface area contributed by atoms with Gasteiger partial charge in [0.15, 0.2) is 0 Å². The summed E-state index contributed by atoms with van der Waals surface area (Å²) in [4.78, 5) is 26.9. The van der Waals surface area contributed by atoms with Gasteiger partial charge in [-0.05, 0) is 36.4 Å². The summed E-state index contributed by atoms with van der Waals surface area (Å²) in [7, 11) is 1.63. The molecule has 0 atom stereocenters. The van der Waals surface area contributed by atoms with Crippen molar-refractivity contribution in [1.29, 1.82) is 0 Å². The lowest BCUT2D eigenvalue weighted by atomic mass is 10.2. The van der Waals surface area contributed by atoms with Crippen molar-refractivity contribution in [1.82, 2.24) is 0 Å². The first-order valence-electron chi connectivity index (χ1n) is 7.63. The molecule has 0 spiro atoms. The highest BCUT2D eigenvalue weighted by molar-refractivity contribution is 7.99. The van der Waals surface area contributed by atoms with Crippen molar-refractivity contribution in [2.45, 2.75) is 11.3 Å². The van der Waals surface area contributed by atoms with Crippen molar-refractivity contribution < 1.29 is 14.3 Å². The van der Waals surface area contributed by atoms with E-state index in [9.17, 15) is 9.59 Å². The number of thioether (sulfide) groups is 1. The van der Waals surface area contributed by atoms with Gasteiger partial charge in [-0.3, -0.25) is 9.59 Å². The molecule has 0 radical (unpaired) electrons. The molecular weight excluding hydrogens is 324 g/mol. The summed E-state index contributed by atoms with van der Waals surface area (Å²) in [6.45, 7) is 0.0725. The molecule has 0 saturated heterocycles. The van der Waals surface area contributed by atoms with Crippen LogP contribution in [0.2, 0.25) is 0 Å². The molecule has 1 aliphatic heterocycles. The zero-order valence-corrected chi connectivity index (χ0v) is 14.1. The van der Waals surface area contributed by atoms with Gasteiger partial charge in [0.05, 0.1) is 18.5 Å². The Hall–Kier alpha value is -2.47. The monoisotopic (exact) mass is 342 g/mol. The number of hydrogen-bond acceptors (Lipinski definition) is 4. The number of carbonyl (C=O) groups excluding carboxylic acids is 2. The number of nitrogens with one attached hydrogen (secondary N) is 1. The lowest BCUT2D eigenvalue weighted by Gasteiger charge is -2.29. The molecule has 0 aliphatic carbocycles. The summed E-state index contributed by atoms with van der Waals surface area (Å²) in [6, 6.07) is 15.1. The van der Waals surface area contributed by atoms with Gasteiger partial charge in [-0.15, -0.1) is 11.8 Å². The highest BCUT2D eigenvalue weighted by Crippen LogP contribution is 2.30. The fourth-order valence-corrected chi connectivity index (χ4v) is 3.36. The molecule has 6 heteroatoms. The normalized spacial score (nSPS) is 13.2. The number of rotatable bonds is 5. The molecule has 0 saturated carbocycles. The number of anilines is 2. The Kier molecular flexibility index (Phi) is 5.05. The van der Waals surface area contributed by atoms with E-state index in [2.05, 4.69) is 5.32 Å². The van der Waals surface area contributed by atoms with Crippen LogP contribution < -0.4 is 15.0 Å². The predicted molar refractivity (Wildman–Crippen MR) is 95.8 cm³/mol. The van der Waals surface area contributed by atoms with Crippen LogP contribution >= 0.6 is 11.8 Å². The van der Waals surface area contributed by atoms with Gasteiger partial charge in [-0.25, -0.2) is 0 Å². The van der Waals surface area contributed by atoms with Crippen LogP contribution in [-0.2, 0) is 9.59 Å². The molecule has 0 fully saturated rings. The second kappa shape index (κ2) is 7.40. The van der Waals surface area contributed by atoms with E-state index in [4.69, 9.17) is 4.74 Å². The first-order valence-corrected chi connectivity index (χ1v) is 8.62. The Bertz CT molecular complexity index is 746. The third-order valence-corrected chi connectivity index (χ3v) is 4.73. The van der Waals surface area contributed by atoms with Gasteiger partial charge in [0.1, 0.15) is 12.3 Å². The van der Waals surface area contributed by atoms with Crippen molar-refractivity contribution in [3.05, 3.63) is 48.5 Å². The van der Waals surface area contributed by atoms with Crippen LogP contribution in [0.4, 0.5) is 11.4 Å². The van der Waals surface area contributed by atoms with Crippen LogP contribution in [0, 0.1) is 0 Å². The van der Waals surface area contributed by atoms with E-state index < -0.39 is 0 Å². The molecule has 0 aromatic heterocycles. The Morgan fingerprint density at radius 1 is 1.21 bits per heavy atom. The number of benzene rings is 2. The minimum Gasteiger partial charge on any atom is -0.497 e. The van der Waals surface area contributed by atoms with Crippen LogP contribution in [0.25, 0.3) is 0 Å². The molecule has 1 N–H and O–H groups in total. The number of hydrogen-bond donors (Lipinski definition) is 1. The smallest absolute Gasteiger partial charge is 0.244 e. The van der Waals surface area contributed by atoms with Gasteiger partial charge < -0.3 is 15.0 Å². The largest absolute Gasteiger partial charge is 0.497 e. The van der Waals surface area contributed by atoms with Gasteiger partial charge in [-0.1, -0.05) is 12.1 Å². The summed E-state index contributed by atoms with van der Waals surface area (Å²) in [6.07, 6.45) is 0.373. The minimum absolute atomic E-state index is 0.0432. The van der Waals surface area contributed by atoms with E-state index in [-0.39, 0.29) is 18.4 Å². The fourth-order valence-electron chi connectivity index (χ4n) is 2.52. The molecule has 1 aliphatic rings. The van der Waals surface area contributed by atoms with Crippen molar-refractivity contribution >= 4 is 35.0 Å². The number of nitrogens with zero attached hydrogens (tertiary/aromatic N) is 1. The summed E-state index contributed by atoms with van der Waals surface area (Å²) in [5.74, 6) is 1.26. The quantitative estimate of drug-likeness (QED) is 0.848. The van der Waals surface area contributed by atoms with Gasteiger partial charge >= 0.3 is 0 Å². The Labute approximate surface area is 145 Å². The maximum atomic E-state index is 12.5. The molecule has 2 amide bonds. The van der Waals surface area contributed by atoms with Crippen LogP contribution in [-0.4, -0.2) is 31.2 Å². The maximum absolute atomic E-state index is 12.5. The van der Waals surface area contributed by atoms with E-state index in [0.29, 0.717) is 17.9 Å². The summed E-state index contributed by atoms with van der Waals surface area (Å²) in [5, 5.41) is 2.79. The number of carbonyl (C=O) groups is 2. The van der Waals surface area contributed by atoms with E-state index in [1.165, 1.54) is 0 Å². The molecular formula is C18H18N2O3S. The van der Waals surface area contributed by atoms with Crippen LogP contribution in [0.3, 0.4) is 0 Å². The molecule has 0 unspecified atom stereocenters.